The first kappa shape index (κ1) is 13.1. The number of nitrogens with zero attached hydrogens (tertiary/aromatic N) is 1. The maximum absolute atomic E-state index is 11.6. The molecule has 1 atom stereocenters. The molecule has 0 aromatic carbocycles. The van der Waals surface area contributed by atoms with Crippen LogP contribution in [0.5, 0.6) is 0 Å². The minimum Gasteiger partial charge on any atom is -0.351 e. The van der Waals surface area contributed by atoms with Crippen molar-refractivity contribution in [2.75, 3.05) is 12.0 Å². The number of aryl methyl sites for hydroxylation is 1. The molecular formula is C10H18N4OS. The van der Waals surface area contributed by atoms with Crippen molar-refractivity contribution < 1.29 is 4.79 Å². The Hall–Kier alpha value is -1.01. The fraction of sp³-hybridized carbons (Fsp3) is 0.600. The second-order valence-corrected chi connectivity index (χ2v) is 4.61. The average Bonchev–Trinajstić information content (AvgIpc) is 2.68. The molecule has 0 spiro atoms. The standard InChI is InChI=1S/C10H18N4OS/c1-7-8(6-13-14-7)5-12-10(15)9(11)3-4-16-2/h6,9H,3-5,11H2,1-2H3,(H,12,15)(H,13,14)/t9-/m0/s1. The van der Waals surface area contributed by atoms with Gasteiger partial charge < -0.3 is 11.1 Å². The largest absolute Gasteiger partial charge is 0.351 e. The second-order valence-electron chi connectivity index (χ2n) is 3.63. The molecule has 0 aliphatic heterocycles. The Morgan fingerprint density at radius 3 is 3.06 bits per heavy atom. The van der Waals surface area contributed by atoms with E-state index in [9.17, 15) is 4.79 Å². The average molecular weight is 242 g/mol. The number of aromatic nitrogens is 2. The molecule has 0 fully saturated rings. The zero-order valence-corrected chi connectivity index (χ0v) is 10.4. The number of thioether (sulfide) groups is 1. The molecule has 1 rings (SSSR count). The van der Waals surface area contributed by atoms with Crippen LogP contribution in [0.4, 0.5) is 0 Å². The summed E-state index contributed by atoms with van der Waals surface area (Å²) in [6.45, 7) is 2.40. The molecule has 16 heavy (non-hydrogen) atoms. The lowest BCUT2D eigenvalue weighted by Gasteiger charge is -2.11. The molecule has 4 N–H and O–H groups in total. The van der Waals surface area contributed by atoms with Gasteiger partial charge in [-0.05, 0) is 25.4 Å². The lowest BCUT2D eigenvalue weighted by Crippen LogP contribution is -2.40. The van der Waals surface area contributed by atoms with E-state index in [1.165, 1.54) is 0 Å². The SMILES string of the molecule is CSCC[C@H](N)C(=O)NCc1cn[nH]c1C. The monoisotopic (exact) mass is 242 g/mol. The van der Waals surface area contributed by atoms with Crippen LogP contribution >= 0.6 is 11.8 Å². The van der Waals surface area contributed by atoms with Crippen molar-refractivity contribution in [1.82, 2.24) is 15.5 Å². The second kappa shape index (κ2) is 6.55. The summed E-state index contributed by atoms with van der Waals surface area (Å²) in [5, 5.41) is 9.50. The number of carbonyl (C=O) groups is 1. The first-order valence-corrected chi connectivity index (χ1v) is 6.55. The fourth-order valence-electron chi connectivity index (χ4n) is 1.24. The summed E-state index contributed by atoms with van der Waals surface area (Å²) in [6.07, 6.45) is 4.42. The summed E-state index contributed by atoms with van der Waals surface area (Å²) in [4.78, 5) is 11.6. The summed E-state index contributed by atoms with van der Waals surface area (Å²) < 4.78 is 0. The molecular weight excluding hydrogens is 224 g/mol. The topological polar surface area (TPSA) is 83.8 Å². The molecule has 0 bridgehead atoms. The minimum absolute atomic E-state index is 0.102. The van der Waals surface area contributed by atoms with Crippen molar-refractivity contribution >= 4 is 17.7 Å². The first-order chi connectivity index (χ1) is 7.65. The Morgan fingerprint density at radius 2 is 2.50 bits per heavy atom. The van der Waals surface area contributed by atoms with E-state index in [0.29, 0.717) is 13.0 Å². The van der Waals surface area contributed by atoms with Gasteiger partial charge in [0.15, 0.2) is 0 Å². The third-order valence-corrected chi connectivity index (χ3v) is 3.00. The van der Waals surface area contributed by atoms with Crippen LogP contribution in [0.3, 0.4) is 0 Å². The van der Waals surface area contributed by atoms with E-state index in [1.54, 1.807) is 18.0 Å². The van der Waals surface area contributed by atoms with Crippen molar-refractivity contribution in [3.05, 3.63) is 17.5 Å². The van der Waals surface area contributed by atoms with E-state index in [0.717, 1.165) is 17.0 Å². The molecule has 1 amide bonds. The van der Waals surface area contributed by atoms with Crippen LogP contribution in [-0.4, -0.2) is 34.2 Å². The summed E-state index contributed by atoms with van der Waals surface area (Å²) >= 11 is 1.69. The van der Waals surface area contributed by atoms with E-state index in [1.807, 2.05) is 13.2 Å². The highest BCUT2D eigenvalue weighted by Crippen LogP contribution is 2.02. The normalized spacial score (nSPS) is 12.4. The highest BCUT2D eigenvalue weighted by atomic mass is 32.2. The third kappa shape index (κ3) is 3.86. The lowest BCUT2D eigenvalue weighted by atomic mass is 10.2. The molecule has 0 aliphatic rings. The van der Waals surface area contributed by atoms with E-state index in [2.05, 4.69) is 15.5 Å². The van der Waals surface area contributed by atoms with Crippen LogP contribution in [-0.2, 0) is 11.3 Å². The van der Waals surface area contributed by atoms with E-state index < -0.39 is 6.04 Å². The van der Waals surface area contributed by atoms with Gasteiger partial charge in [-0.25, -0.2) is 0 Å². The molecule has 1 aromatic heterocycles. The Bertz CT molecular complexity index is 339. The predicted molar refractivity (Wildman–Crippen MR) is 66.1 cm³/mol. The van der Waals surface area contributed by atoms with Gasteiger partial charge in [-0.15, -0.1) is 0 Å². The molecule has 0 radical (unpaired) electrons. The molecule has 90 valence electrons. The fourth-order valence-corrected chi connectivity index (χ4v) is 1.73. The summed E-state index contributed by atoms with van der Waals surface area (Å²) in [6, 6.07) is -0.417. The number of aromatic amines is 1. The van der Waals surface area contributed by atoms with Crippen LogP contribution in [0.25, 0.3) is 0 Å². The number of H-pyrrole nitrogens is 1. The number of amides is 1. The zero-order chi connectivity index (χ0) is 12.0. The van der Waals surface area contributed by atoms with E-state index in [4.69, 9.17) is 5.73 Å². The summed E-state index contributed by atoms with van der Waals surface area (Å²) in [5.41, 5.74) is 7.69. The maximum atomic E-state index is 11.6. The zero-order valence-electron chi connectivity index (χ0n) is 9.62. The van der Waals surface area contributed by atoms with Crippen molar-refractivity contribution in [2.45, 2.75) is 25.9 Å². The van der Waals surface area contributed by atoms with Crippen LogP contribution < -0.4 is 11.1 Å². The van der Waals surface area contributed by atoms with Gasteiger partial charge in [0.25, 0.3) is 0 Å². The van der Waals surface area contributed by atoms with Gasteiger partial charge in [-0.2, -0.15) is 16.9 Å². The predicted octanol–water partition coefficient (Wildman–Crippen LogP) is 0.415. The smallest absolute Gasteiger partial charge is 0.237 e. The van der Waals surface area contributed by atoms with Gasteiger partial charge in [0.1, 0.15) is 0 Å². The van der Waals surface area contributed by atoms with Crippen molar-refractivity contribution in [1.29, 1.82) is 0 Å². The molecule has 5 nitrogen and oxygen atoms in total. The van der Waals surface area contributed by atoms with Crippen molar-refractivity contribution in [2.24, 2.45) is 5.73 Å². The van der Waals surface area contributed by atoms with Gasteiger partial charge in [0.2, 0.25) is 5.91 Å². The molecule has 1 heterocycles. The molecule has 0 saturated carbocycles. The third-order valence-electron chi connectivity index (χ3n) is 2.36. The lowest BCUT2D eigenvalue weighted by molar-refractivity contribution is -0.122. The number of carbonyl (C=O) groups excluding carboxylic acids is 1. The van der Waals surface area contributed by atoms with E-state index in [-0.39, 0.29) is 5.91 Å². The first-order valence-electron chi connectivity index (χ1n) is 5.16. The Balaban J connectivity index is 2.32. The van der Waals surface area contributed by atoms with Crippen LogP contribution in [0.1, 0.15) is 17.7 Å². The Morgan fingerprint density at radius 1 is 1.75 bits per heavy atom. The highest BCUT2D eigenvalue weighted by molar-refractivity contribution is 7.98. The maximum Gasteiger partial charge on any atom is 0.237 e. The Kier molecular flexibility index (Phi) is 5.34. The Labute approximate surface area is 99.6 Å². The summed E-state index contributed by atoms with van der Waals surface area (Å²) in [7, 11) is 0. The molecule has 0 aliphatic carbocycles. The van der Waals surface area contributed by atoms with Crippen LogP contribution in [0, 0.1) is 6.92 Å². The van der Waals surface area contributed by atoms with Gasteiger partial charge in [0.05, 0.1) is 12.2 Å². The quantitative estimate of drug-likeness (QED) is 0.675. The molecule has 0 saturated heterocycles. The van der Waals surface area contributed by atoms with Gasteiger partial charge in [0, 0.05) is 17.8 Å². The minimum atomic E-state index is -0.417. The van der Waals surface area contributed by atoms with Gasteiger partial charge >= 0.3 is 0 Å². The number of nitrogens with one attached hydrogen (secondary N) is 2. The van der Waals surface area contributed by atoms with E-state index >= 15 is 0 Å². The van der Waals surface area contributed by atoms with Gasteiger partial charge in [-0.1, -0.05) is 0 Å². The van der Waals surface area contributed by atoms with Crippen molar-refractivity contribution in [3.63, 3.8) is 0 Å². The van der Waals surface area contributed by atoms with Gasteiger partial charge in [-0.3, -0.25) is 9.89 Å². The van der Waals surface area contributed by atoms with Crippen LogP contribution in [0.2, 0.25) is 0 Å². The molecule has 0 unspecified atom stereocenters. The number of hydrogen-bond acceptors (Lipinski definition) is 4. The highest BCUT2D eigenvalue weighted by Gasteiger charge is 2.12. The summed E-state index contributed by atoms with van der Waals surface area (Å²) in [5.74, 6) is 0.800. The molecule has 1 aromatic rings. The number of nitrogens with two attached hydrogens (primary N) is 1. The van der Waals surface area contributed by atoms with Crippen LogP contribution in [0.15, 0.2) is 6.20 Å². The number of rotatable bonds is 6. The van der Waals surface area contributed by atoms with Crippen molar-refractivity contribution in [3.8, 4) is 0 Å². The molecule has 6 heteroatoms. The number of hydrogen-bond donors (Lipinski definition) is 3.